The minimum atomic E-state index is -0.301. The van der Waals surface area contributed by atoms with Gasteiger partial charge in [-0.3, -0.25) is 0 Å². The molecule has 0 aliphatic rings. The van der Waals surface area contributed by atoms with E-state index in [1.807, 2.05) is 6.07 Å². The van der Waals surface area contributed by atoms with Crippen LogP contribution in [0.4, 0.5) is 10.1 Å². The number of nitrogen functional groups attached to an aromatic ring is 1. The Bertz CT molecular complexity index is 635. The molecule has 0 radical (unpaired) electrons. The lowest BCUT2D eigenvalue weighted by Gasteiger charge is -2.06. The maximum absolute atomic E-state index is 13.1. The molecule has 1 heterocycles. The van der Waals surface area contributed by atoms with Crippen LogP contribution >= 0.6 is 0 Å². The van der Waals surface area contributed by atoms with E-state index in [1.54, 1.807) is 19.1 Å². The number of benzene rings is 1. The Hall–Kier alpha value is -2.61. The lowest BCUT2D eigenvalue weighted by Crippen LogP contribution is -1.96. The van der Waals surface area contributed by atoms with Crippen molar-refractivity contribution in [2.75, 3.05) is 5.73 Å². The van der Waals surface area contributed by atoms with Crippen molar-refractivity contribution >= 4 is 5.69 Å². The van der Waals surface area contributed by atoms with Gasteiger partial charge in [0.05, 0.1) is 5.69 Å². The smallest absolute Gasteiger partial charge is 0.220 e. The quantitative estimate of drug-likeness (QED) is 0.880. The van der Waals surface area contributed by atoms with Crippen molar-refractivity contribution in [3.63, 3.8) is 0 Å². The van der Waals surface area contributed by atoms with Crippen molar-refractivity contribution in [1.82, 2.24) is 4.98 Å². The maximum atomic E-state index is 13.1. The fraction of sp³-hybridized carbons (Fsp3) is 0.0769. The molecule has 18 heavy (non-hydrogen) atoms. The van der Waals surface area contributed by atoms with Crippen molar-refractivity contribution in [3.8, 4) is 17.7 Å². The van der Waals surface area contributed by atoms with Crippen LogP contribution in [-0.2, 0) is 0 Å². The maximum Gasteiger partial charge on any atom is 0.220 e. The molecule has 0 aliphatic carbocycles. The first kappa shape index (κ1) is 11.9. The average Bonchev–Trinajstić information content (AvgIpc) is 2.36. The molecule has 0 saturated carbocycles. The SMILES string of the molecule is Cc1cc(Oc2ccc(N)c(C#N)n2)ccc1F. The van der Waals surface area contributed by atoms with E-state index < -0.39 is 0 Å². The van der Waals surface area contributed by atoms with Crippen molar-refractivity contribution < 1.29 is 9.13 Å². The van der Waals surface area contributed by atoms with E-state index in [1.165, 1.54) is 18.2 Å². The molecule has 2 rings (SSSR count). The van der Waals surface area contributed by atoms with Crippen molar-refractivity contribution in [2.24, 2.45) is 0 Å². The predicted octanol–water partition coefficient (Wildman–Crippen LogP) is 2.78. The summed E-state index contributed by atoms with van der Waals surface area (Å²) in [5.74, 6) is 0.396. The van der Waals surface area contributed by atoms with E-state index in [0.717, 1.165) is 0 Å². The number of anilines is 1. The van der Waals surface area contributed by atoms with Gasteiger partial charge in [-0.05, 0) is 36.8 Å². The Morgan fingerprint density at radius 1 is 1.33 bits per heavy atom. The van der Waals surface area contributed by atoms with Crippen LogP contribution in [0, 0.1) is 24.1 Å². The summed E-state index contributed by atoms with van der Waals surface area (Å²) >= 11 is 0. The number of ether oxygens (including phenoxy) is 1. The van der Waals surface area contributed by atoms with Crippen molar-refractivity contribution in [3.05, 3.63) is 47.4 Å². The third-order valence-corrected chi connectivity index (χ3v) is 2.36. The molecule has 0 amide bonds. The lowest BCUT2D eigenvalue weighted by molar-refractivity contribution is 0.460. The number of pyridine rings is 1. The second-order valence-corrected chi connectivity index (χ2v) is 3.71. The van der Waals surface area contributed by atoms with Crippen LogP contribution in [0.1, 0.15) is 11.3 Å². The predicted molar refractivity (Wildman–Crippen MR) is 64.6 cm³/mol. The van der Waals surface area contributed by atoms with E-state index in [2.05, 4.69) is 4.98 Å². The van der Waals surface area contributed by atoms with Gasteiger partial charge in [0, 0.05) is 6.07 Å². The molecule has 0 atom stereocenters. The fourth-order valence-corrected chi connectivity index (χ4v) is 1.40. The second kappa shape index (κ2) is 4.72. The normalized spacial score (nSPS) is 9.83. The van der Waals surface area contributed by atoms with Crippen molar-refractivity contribution in [2.45, 2.75) is 6.92 Å². The molecule has 1 aromatic heterocycles. The molecular formula is C13H10FN3O. The number of hydrogen-bond donors (Lipinski definition) is 1. The molecule has 0 spiro atoms. The van der Waals surface area contributed by atoms with E-state index in [9.17, 15) is 4.39 Å². The Morgan fingerprint density at radius 3 is 2.78 bits per heavy atom. The minimum Gasteiger partial charge on any atom is -0.439 e. The van der Waals surface area contributed by atoms with E-state index in [4.69, 9.17) is 15.7 Å². The van der Waals surface area contributed by atoms with Gasteiger partial charge in [0.2, 0.25) is 5.88 Å². The topological polar surface area (TPSA) is 71.9 Å². The third kappa shape index (κ3) is 2.38. The highest BCUT2D eigenvalue weighted by Crippen LogP contribution is 2.23. The summed E-state index contributed by atoms with van der Waals surface area (Å²) in [5, 5.41) is 8.79. The van der Waals surface area contributed by atoms with Crippen LogP contribution in [0.3, 0.4) is 0 Å². The number of aromatic nitrogens is 1. The molecule has 0 fully saturated rings. The number of rotatable bonds is 2. The van der Waals surface area contributed by atoms with Gasteiger partial charge in [0.15, 0.2) is 5.69 Å². The van der Waals surface area contributed by atoms with Crippen LogP contribution < -0.4 is 10.5 Å². The molecule has 5 heteroatoms. The Balaban J connectivity index is 2.29. The zero-order chi connectivity index (χ0) is 13.1. The monoisotopic (exact) mass is 243 g/mol. The molecule has 2 N–H and O–H groups in total. The van der Waals surface area contributed by atoms with Gasteiger partial charge >= 0.3 is 0 Å². The molecule has 2 aromatic rings. The Morgan fingerprint density at radius 2 is 2.11 bits per heavy atom. The zero-order valence-electron chi connectivity index (χ0n) is 9.64. The standard InChI is InChI=1S/C13H10FN3O/c1-8-6-9(2-3-10(8)14)18-13-5-4-11(16)12(7-15)17-13/h2-6H,16H2,1H3. The molecule has 0 bridgehead atoms. The molecule has 0 aliphatic heterocycles. The van der Waals surface area contributed by atoms with Gasteiger partial charge in [-0.2, -0.15) is 5.26 Å². The van der Waals surface area contributed by atoms with E-state index >= 15 is 0 Å². The highest BCUT2D eigenvalue weighted by Gasteiger charge is 2.05. The first-order chi connectivity index (χ1) is 8.60. The van der Waals surface area contributed by atoms with Crippen molar-refractivity contribution in [1.29, 1.82) is 5.26 Å². The van der Waals surface area contributed by atoms with E-state index in [-0.39, 0.29) is 17.4 Å². The molecule has 90 valence electrons. The van der Waals surface area contributed by atoms with Gasteiger partial charge in [-0.1, -0.05) is 0 Å². The summed E-state index contributed by atoms with van der Waals surface area (Å²) in [6, 6.07) is 9.32. The lowest BCUT2D eigenvalue weighted by atomic mass is 10.2. The van der Waals surface area contributed by atoms with Crippen LogP contribution in [0.2, 0.25) is 0 Å². The van der Waals surface area contributed by atoms with Crippen LogP contribution in [0.25, 0.3) is 0 Å². The Kier molecular flexibility index (Phi) is 3.11. The fourth-order valence-electron chi connectivity index (χ4n) is 1.40. The summed E-state index contributed by atoms with van der Waals surface area (Å²) < 4.78 is 18.5. The summed E-state index contributed by atoms with van der Waals surface area (Å²) in [4.78, 5) is 3.94. The van der Waals surface area contributed by atoms with Gasteiger partial charge in [-0.15, -0.1) is 0 Å². The number of nitrogens with zero attached hydrogens (tertiary/aromatic N) is 2. The molecule has 0 saturated heterocycles. The molecular weight excluding hydrogens is 233 g/mol. The largest absolute Gasteiger partial charge is 0.439 e. The summed E-state index contributed by atoms with van der Waals surface area (Å²) in [6.45, 7) is 1.64. The summed E-state index contributed by atoms with van der Waals surface area (Å²) in [5.41, 5.74) is 6.42. The van der Waals surface area contributed by atoms with Gasteiger partial charge in [0.25, 0.3) is 0 Å². The number of aryl methyl sites for hydroxylation is 1. The average molecular weight is 243 g/mol. The highest BCUT2D eigenvalue weighted by atomic mass is 19.1. The number of nitriles is 1. The number of hydrogen-bond acceptors (Lipinski definition) is 4. The molecule has 4 nitrogen and oxygen atoms in total. The Labute approximate surface area is 103 Å². The van der Waals surface area contributed by atoms with E-state index in [0.29, 0.717) is 17.0 Å². The number of nitrogens with two attached hydrogens (primary N) is 1. The molecule has 1 aromatic carbocycles. The first-order valence-electron chi connectivity index (χ1n) is 5.21. The third-order valence-electron chi connectivity index (χ3n) is 2.36. The zero-order valence-corrected chi connectivity index (χ0v) is 9.64. The van der Waals surface area contributed by atoms with Gasteiger partial charge in [0.1, 0.15) is 17.6 Å². The summed E-state index contributed by atoms with van der Waals surface area (Å²) in [7, 11) is 0. The summed E-state index contributed by atoms with van der Waals surface area (Å²) in [6.07, 6.45) is 0. The highest BCUT2D eigenvalue weighted by molar-refractivity contribution is 5.51. The van der Waals surface area contributed by atoms with Crippen LogP contribution in [0.5, 0.6) is 11.6 Å². The number of halogens is 1. The van der Waals surface area contributed by atoms with Crippen LogP contribution in [0.15, 0.2) is 30.3 Å². The molecule has 0 unspecified atom stereocenters. The van der Waals surface area contributed by atoms with Gasteiger partial charge in [-0.25, -0.2) is 9.37 Å². The second-order valence-electron chi connectivity index (χ2n) is 3.71. The first-order valence-corrected chi connectivity index (χ1v) is 5.21. The van der Waals surface area contributed by atoms with Crippen LogP contribution in [-0.4, -0.2) is 4.98 Å². The van der Waals surface area contributed by atoms with Gasteiger partial charge < -0.3 is 10.5 Å². The minimum absolute atomic E-state index is 0.103.